The summed E-state index contributed by atoms with van der Waals surface area (Å²) in [5.74, 6) is -0.157. The molecular formula is C15H19NO3. The van der Waals surface area contributed by atoms with Gasteiger partial charge in [0.2, 0.25) is 5.91 Å². The van der Waals surface area contributed by atoms with E-state index in [0.29, 0.717) is 12.8 Å². The lowest BCUT2D eigenvalue weighted by Gasteiger charge is -2.39. The number of rotatable bonds is 2. The molecule has 1 aliphatic heterocycles. The van der Waals surface area contributed by atoms with Gasteiger partial charge in [0.1, 0.15) is 5.60 Å². The van der Waals surface area contributed by atoms with Gasteiger partial charge < -0.3 is 4.74 Å². The van der Waals surface area contributed by atoms with E-state index in [0.717, 1.165) is 5.56 Å². The Labute approximate surface area is 113 Å². The van der Waals surface area contributed by atoms with Crippen molar-refractivity contribution in [3.8, 4) is 0 Å². The van der Waals surface area contributed by atoms with Crippen LogP contribution in [0.15, 0.2) is 30.3 Å². The molecule has 19 heavy (non-hydrogen) atoms. The summed E-state index contributed by atoms with van der Waals surface area (Å²) in [6.07, 6.45) is 0.560. The Kier molecular flexibility index (Phi) is 3.60. The highest BCUT2D eigenvalue weighted by molar-refractivity contribution is 5.97. The standard InChI is InChI=1S/C15H19NO3/c1-15(2,3)19-14(18)16-12(10-13(16)17)9-11-7-5-4-6-8-11/h4-8,12H,9-10H2,1-3H3/t12-/m1/s1. The number of imide groups is 1. The molecule has 1 saturated heterocycles. The maximum absolute atomic E-state index is 11.9. The zero-order valence-corrected chi connectivity index (χ0v) is 11.6. The maximum Gasteiger partial charge on any atom is 0.417 e. The molecule has 0 saturated carbocycles. The van der Waals surface area contributed by atoms with E-state index in [4.69, 9.17) is 4.74 Å². The minimum atomic E-state index is -0.579. The molecule has 1 fully saturated rings. The molecule has 0 aromatic heterocycles. The Balaban J connectivity index is 2.00. The molecule has 1 aromatic rings. The summed E-state index contributed by atoms with van der Waals surface area (Å²) in [7, 11) is 0. The lowest BCUT2D eigenvalue weighted by molar-refractivity contribution is -0.143. The first-order chi connectivity index (χ1) is 8.87. The van der Waals surface area contributed by atoms with Gasteiger partial charge in [-0.15, -0.1) is 0 Å². The largest absolute Gasteiger partial charge is 0.443 e. The van der Waals surface area contributed by atoms with Crippen LogP contribution >= 0.6 is 0 Å². The first-order valence-electron chi connectivity index (χ1n) is 6.46. The fourth-order valence-electron chi connectivity index (χ4n) is 2.09. The van der Waals surface area contributed by atoms with Gasteiger partial charge in [0, 0.05) is 6.42 Å². The van der Waals surface area contributed by atoms with Crippen LogP contribution in [0.25, 0.3) is 0 Å². The SMILES string of the molecule is CC(C)(C)OC(=O)N1C(=O)C[C@H]1Cc1ccccc1. The van der Waals surface area contributed by atoms with Crippen LogP contribution in [0.4, 0.5) is 4.79 Å². The Morgan fingerprint density at radius 3 is 2.47 bits per heavy atom. The summed E-state index contributed by atoms with van der Waals surface area (Å²) in [6, 6.07) is 9.76. The van der Waals surface area contributed by atoms with Crippen molar-refractivity contribution in [2.24, 2.45) is 0 Å². The van der Waals surface area contributed by atoms with Crippen LogP contribution in [-0.4, -0.2) is 28.5 Å². The van der Waals surface area contributed by atoms with E-state index in [-0.39, 0.29) is 11.9 Å². The molecule has 0 aliphatic carbocycles. The Morgan fingerprint density at radius 2 is 1.95 bits per heavy atom. The average molecular weight is 261 g/mol. The molecule has 2 amide bonds. The van der Waals surface area contributed by atoms with E-state index in [1.807, 2.05) is 30.3 Å². The highest BCUT2D eigenvalue weighted by atomic mass is 16.6. The summed E-state index contributed by atoms with van der Waals surface area (Å²) in [6.45, 7) is 5.38. The lowest BCUT2D eigenvalue weighted by Crippen LogP contribution is -2.57. The quantitative estimate of drug-likeness (QED) is 0.769. The number of carbonyl (C=O) groups is 2. The number of hydrogen-bond acceptors (Lipinski definition) is 3. The number of β-lactam (4-membered cyclic amide) rings is 1. The van der Waals surface area contributed by atoms with Crippen molar-refractivity contribution in [1.29, 1.82) is 0 Å². The van der Waals surface area contributed by atoms with Gasteiger partial charge >= 0.3 is 6.09 Å². The fourth-order valence-corrected chi connectivity index (χ4v) is 2.09. The molecule has 4 heteroatoms. The van der Waals surface area contributed by atoms with Crippen LogP contribution in [0.5, 0.6) is 0 Å². The molecule has 1 aliphatic rings. The first-order valence-corrected chi connectivity index (χ1v) is 6.46. The third-order valence-electron chi connectivity index (χ3n) is 2.95. The Morgan fingerprint density at radius 1 is 1.32 bits per heavy atom. The smallest absolute Gasteiger partial charge is 0.417 e. The Hall–Kier alpha value is -1.84. The number of ether oxygens (including phenoxy) is 1. The van der Waals surface area contributed by atoms with Crippen LogP contribution in [0, 0.1) is 0 Å². The van der Waals surface area contributed by atoms with Crippen molar-refractivity contribution in [1.82, 2.24) is 4.90 Å². The highest BCUT2D eigenvalue weighted by Gasteiger charge is 2.42. The van der Waals surface area contributed by atoms with E-state index in [2.05, 4.69) is 0 Å². The average Bonchev–Trinajstić information content (AvgIpc) is 2.26. The lowest BCUT2D eigenvalue weighted by atomic mass is 9.95. The third-order valence-corrected chi connectivity index (χ3v) is 2.95. The zero-order valence-electron chi connectivity index (χ0n) is 11.6. The minimum Gasteiger partial charge on any atom is -0.443 e. The molecule has 0 spiro atoms. The van der Waals surface area contributed by atoms with Crippen LogP contribution in [0.1, 0.15) is 32.8 Å². The molecule has 4 nitrogen and oxygen atoms in total. The zero-order chi connectivity index (χ0) is 14.0. The van der Waals surface area contributed by atoms with E-state index in [9.17, 15) is 9.59 Å². The summed E-state index contributed by atoms with van der Waals surface area (Å²) in [4.78, 5) is 24.8. The summed E-state index contributed by atoms with van der Waals surface area (Å²) in [5, 5.41) is 0. The third kappa shape index (κ3) is 3.34. The molecule has 0 N–H and O–H groups in total. The van der Waals surface area contributed by atoms with Crippen LogP contribution in [-0.2, 0) is 16.0 Å². The second-order valence-electron chi connectivity index (χ2n) is 5.79. The van der Waals surface area contributed by atoms with Crippen LogP contribution < -0.4 is 0 Å². The first kappa shape index (κ1) is 13.6. The second kappa shape index (κ2) is 5.03. The number of amides is 2. The van der Waals surface area contributed by atoms with Crippen molar-refractivity contribution in [3.63, 3.8) is 0 Å². The van der Waals surface area contributed by atoms with Gasteiger partial charge in [-0.2, -0.15) is 0 Å². The molecule has 1 heterocycles. The number of carbonyl (C=O) groups excluding carboxylic acids is 2. The van der Waals surface area contributed by atoms with Crippen molar-refractivity contribution >= 4 is 12.0 Å². The highest BCUT2D eigenvalue weighted by Crippen LogP contribution is 2.25. The molecule has 0 bridgehead atoms. The fraction of sp³-hybridized carbons (Fsp3) is 0.467. The van der Waals surface area contributed by atoms with Crippen molar-refractivity contribution in [3.05, 3.63) is 35.9 Å². The predicted molar refractivity (Wildman–Crippen MR) is 71.6 cm³/mol. The normalized spacial score (nSPS) is 19.0. The van der Waals surface area contributed by atoms with Crippen molar-refractivity contribution in [2.75, 3.05) is 0 Å². The summed E-state index contributed by atoms with van der Waals surface area (Å²) in [5.41, 5.74) is 0.540. The summed E-state index contributed by atoms with van der Waals surface area (Å²) >= 11 is 0. The molecular weight excluding hydrogens is 242 g/mol. The van der Waals surface area contributed by atoms with Gasteiger partial charge in [-0.05, 0) is 32.8 Å². The number of likely N-dealkylation sites (tertiary alicyclic amines) is 1. The molecule has 2 rings (SSSR count). The van der Waals surface area contributed by atoms with Crippen molar-refractivity contribution in [2.45, 2.75) is 45.3 Å². The second-order valence-corrected chi connectivity index (χ2v) is 5.79. The predicted octanol–water partition coefficient (Wildman–Crippen LogP) is 2.77. The molecule has 102 valence electrons. The van der Waals surface area contributed by atoms with Gasteiger partial charge in [-0.25, -0.2) is 9.69 Å². The van der Waals surface area contributed by atoms with Crippen LogP contribution in [0.3, 0.4) is 0 Å². The van der Waals surface area contributed by atoms with E-state index >= 15 is 0 Å². The van der Waals surface area contributed by atoms with E-state index < -0.39 is 11.7 Å². The molecule has 1 aromatic carbocycles. The van der Waals surface area contributed by atoms with Crippen molar-refractivity contribution < 1.29 is 14.3 Å². The Bertz CT molecular complexity index is 476. The molecule has 0 unspecified atom stereocenters. The van der Waals surface area contributed by atoms with Gasteiger partial charge in [-0.1, -0.05) is 30.3 Å². The van der Waals surface area contributed by atoms with Gasteiger partial charge in [0.05, 0.1) is 6.04 Å². The number of hydrogen-bond donors (Lipinski definition) is 0. The number of nitrogens with zero attached hydrogens (tertiary/aromatic N) is 1. The monoisotopic (exact) mass is 261 g/mol. The minimum absolute atomic E-state index is 0.0789. The number of benzene rings is 1. The van der Waals surface area contributed by atoms with E-state index in [1.54, 1.807) is 20.8 Å². The molecule has 0 radical (unpaired) electrons. The van der Waals surface area contributed by atoms with Gasteiger partial charge in [0.15, 0.2) is 0 Å². The molecule has 1 atom stereocenters. The van der Waals surface area contributed by atoms with Gasteiger partial charge in [0.25, 0.3) is 0 Å². The topological polar surface area (TPSA) is 46.6 Å². The van der Waals surface area contributed by atoms with E-state index in [1.165, 1.54) is 4.90 Å². The van der Waals surface area contributed by atoms with Crippen LogP contribution in [0.2, 0.25) is 0 Å². The van der Waals surface area contributed by atoms with Gasteiger partial charge in [-0.3, -0.25) is 4.79 Å². The summed E-state index contributed by atoms with van der Waals surface area (Å²) < 4.78 is 5.25. The maximum atomic E-state index is 11.9.